The van der Waals surface area contributed by atoms with Crippen molar-refractivity contribution in [3.05, 3.63) is 58.7 Å². The van der Waals surface area contributed by atoms with Gasteiger partial charge < -0.3 is 14.2 Å². The van der Waals surface area contributed by atoms with Crippen LogP contribution in [0, 0.1) is 0 Å². The molecular weight excluding hydrogens is 354 g/mol. The highest BCUT2D eigenvalue weighted by molar-refractivity contribution is 6.15. The summed E-state index contributed by atoms with van der Waals surface area (Å²) in [6.45, 7) is 0. The van der Waals surface area contributed by atoms with Crippen LogP contribution in [0.4, 0.5) is 0 Å². The molecule has 1 aliphatic heterocycles. The molecule has 0 bridgehead atoms. The average Bonchev–Trinajstić information content (AvgIpc) is 2.76. The van der Waals surface area contributed by atoms with Crippen molar-refractivity contribution in [3.63, 3.8) is 0 Å². The monoisotopic (exact) mass is 379 g/mol. The maximum absolute atomic E-state index is 12.0. The summed E-state index contributed by atoms with van der Waals surface area (Å²) in [4.78, 5) is 17.1. The van der Waals surface area contributed by atoms with Crippen molar-refractivity contribution in [1.82, 2.24) is 0 Å². The van der Waals surface area contributed by atoms with Crippen molar-refractivity contribution in [2.24, 2.45) is 4.99 Å². The van der Waals surface area contributed by atoms with Crippen molar-refractivity contribution in [2.45, 2.75) is 37.6 Å². The Bertz CT molecular complexity index is 934. The molecule has 0 radical (unpaired) electrons. The van der Waals surface area contributed by atoms with E-state index in [4.69, 9.17) is 19.2 Å². The number of nitrogens with zero attached hydrogens (tertiary/aromatic N) is 1. The van der Waals surface area contributed by atoms with E-state index in [-0.39, 0.29) is 12.0 Å². The highest BCUT2D eigenvalue weighted by Gasteiger charge is 2.34. The van der Waals surface area contributed by atoms with Crippen LogP contribution >= 0.6 is 0 Å². The van der Waals surface area contributed by atoms with E-state index in [0.717, 1.165) is 35.4 Å². The summed E-state index contributed by atoms with van der Waals surface area (Å²) < 4.78 is 16.0. The highest BCUT2D eigenvalue weighted by Crippen LogP contribution is 2.44. The van der Waals surface area contributed by atoms with Crippen LogP contribution in [0.3, 0.4) is 0 Å². The molecule has 1 fully saturated rings. The zero-order valence-electron chi connectivity index (χ0n) is 16.5. The maximum Gasteiger partial charge on any atom is 0.337 e. The van der Waals surface area contributed by atoms with Crippen LogP contribution in [-0.4, -0.2) is 39.1 Å². The van der Waals surface area contributed by atoms with E-state index in [1.807, 2.05) is 24.3 Å². The third-order valence-corrected chi connectivity index (χ3v) is 5.79. The lowest BCUT2D eigenvalue weighted by atomic mass is 9.75. The lowest BCUT2D eigenvalue weighted by Crippen LogP contribution is -2.29. The summed E-state index contributed by atoms with van der Waals surface area (Å²) in [6.07, 6.45) is 4.63. The van der Waals surface area contributed by atoms with Gasteiger partial charge in [-0.25, -0.2) is 4.79 Å². The third kappa shape index (κ3) is 3.15. The number of benzene rings is 2. The minimum absolute atomic E-state index is 0.260. The van der Waals surface area contributed by atoms with Crippen molar-refractivity contribution >= 4 is 11.7 Å². The molecule has 2 aliphatic rings. The van der Waals surface area contributed by atoms with E-state index in [2.05, 4.69) is 6.07 Å². The Hall–Kier alpha value is -2.82. The number of carbonyl (C=O) groups is 1. The van der Waals surface area contributed by atoms with Crippen LogP contribution < -0.4 is 9.47 Å². The number of carbonyl (C=O) groups excluding carboxylic acids is 1. The molecule has 146 valence electrons. The molecule has 28 heavy (non-hydrogen) atoms. The van der Waals surface area contributed by atoms with Gasteiger partial charge in [-0.2, -0.15) is 0 Å². The molecular formula is C23H25NO4. The molecule has 0 saturated heterocycles. The highest BCUT2D eigenvalue weighted by atomic mass is 16.5. The lowest BCUT2D eigenvalue weighted by Gasteiger charge is -2.35. The predicted molar refractivity (Wildman–Crippen MR) is 108 cm³/mol. The van der Waals surface area contributed by atoms with Crippen LogP contribution in [0.25, 0.3) is 0 Å². The van der Waals surface area contributed by atoms with Crippen LogP contribution in [0.5, 0.6) is 11.5 Å². The quantitative estimate of drug-likeness (QED) is 0.741. The minimum atomic E-state index is -0.346. The Kier molecular flexibility index (Phi) is 5.07. The molecule has 0 aromatic heterocycles. The van der Waals surface area contributed by atoms with E-state index >= 15 is 0 Å². The Balaban J connectivity index is 1.88. The Morgan fingerprint density at radius 2 is 1.75 bits per heavy atom. The Morgan fingerprint density at radius 3 is 2.50 bits per heavy atom. The maximum atomic E-state index is 12.0. The molecule has 0 N–H and O–H groups in total. The van der Waals surface area contributed by atoms with E-state index in [0.29, 0.717) is 17.2 Å². The fraction of sp³-hybridized carbons (Fsp3) is 0.391. The first kappa shape index (κ1) is 18.5. The predicted octanol–water partition coefficient (Wildman–Crippen LogP) is 4.37. The van der Waals surface area contributed by atoms with E-state index in [1.54, 1.807) is 20.3 Å². The smallest absolute Gasteiger partial charge is 0.337 e. The molecule has 4 rings (SSSR count). The first-order valence-electron chi connectivity index (χ1n) is 9.69. The van der Waals surface area contributed by atoms with Gasteiger partial charge in [0, 0.05) is 17.0 Å². The number of ether oxygens (including phenoxy) is 3. The number of esters is 1. The van der Waals surface area contributed by atoms with Crippen LogP contribution in [0.2, 0.25) is 0 Å². The fourth-order valence-electron chi connectivity index (χ4n) is 4.41. The third-order valence-electron chi connectivity index (χ3n) is 5.79. The standard InChI is InChI=1S/C23H25NO4/c1-26-20-12-17-16-9-4-5-10-19(16)24-22(18(17)13-21(20)27-2)14-7-6-8-15(11-14)23(25)28-3/h6-8,11-13,16,19H,4-5,9-10H2,1-3H3/t16-,19+/m0/s1. The second kappa shape index (κ2) is 7.66. The number of methoxy groups -OCH3 is 3. The van der Waals surface area contributed by atoms with Gasteiger partial charge in [0.25, 0.3) is 0 Å². The van der Waals surface area contributed by atoms with Crippen LogP contribution in [0.15, 0.2) is 41.4 Å². The summed E-state index contributed by atoms with van der Waals surface area (Å²) in [5.41, 5.74) is 4.67. The number of rotatable bonds is 4. The zero-order valence-corrected chi connectivity index (χ0v) is 16.5. The van der Waals surface area contributed by atoms with Gasteiger partial charge in [0.1, 0.15) is 0 Å². The van der Waals surface area contributed by atoms with Gasteiger partial charge in [-0.3, -0.25) is 4.99 Å². The van der Waals surface area contributed by atoms with E-state index < -0.39 is 0 Å². The molecule has 1 aliphatic carbocycles. The average molecular weight is 379 g/mol. The summed E-state index contributed by atoms with van der Waals surface area (Å²) >= 11 is 0. The van der Waals surface area contributed by atoms with Crippen molar-refractivity contribution in [2.75, 3.05) is 21.3 Å². The minimum Gasteiger partial charge on any atom is -0.493 e. The van der Waals surface area contributed by atoms with Crippen molar-refractivity contribution in [1.29, 1.82) is 0 Å². The van der Waals surface area contributed by atoms with Gasteiger partial charge >= 0.3 is 5.97 Å². The molecule has 5 nitrogen and oxygen atoms in total. The fourth-order valence-corrected chi connectivity index (χ4v) is 4.41. The first-order valence-corrected chi connectivity index (χ1v) is 9.69. The molecule has 5 heteroatoms. The molecule has 1 saturated carbocycles. The number of hydrogen-bond acceptors (Lipinski definition) is 5. The van der Waals surface area contributed by atoms with Gasteiger partial charge in [-0.1, -0.05) is 25.0 Å². The van der Waals surface area contributed by atoms with Crippen molar-refractivity contribution < 1.29 is 19.0 Å². The first-order chi connectivity index (χ1) is 13.7. The molecule has 1 heterocycles. The van der Waals surface area contributed by atoms with E-state index in [1.165, 1.54) is 25.5 Å². The molecule has 0 spiro atoms. The number of fused-ring (bicyclic) bond motifs is 3. The second-order valence-electron chi connectivity index (χ2n) is 7.30. The van der Waals surface area contributed by atoms with Crippen LogP contribution in [0.1, 0.15) is 58.6 Å². The second-order valence-corrected chi connectivity index (χ2v) is 7.30. The SMILES string of the molecule is COC(=O)c1cccc(C2=N[C@@H]3CCCC[C@H]3c3cc(OC)c(OC)cc32)c1. The molecule has 2 aromatic carbocycles. The molecule has 2 atom stereocenters. The van der Waals surface area contributed by atoms with E-state index in [9.17, 15) is 4.79 Å². The molecule has 2 aromatic rings. The summed E-state index contributed by atoms with van der Waals surface area (Å²) in [5, 5.41) is 0. The zero-order chi connectivity index (χ0) is 19.7. The van der Waals surface area contributed by atoms with Gasteiger partial charge in [0.05, 0.1) is 38.6 Å². The van der Waals surface area contributed by atoms with Gasteiger partial charge in [-0.05, 0) is 42.7 Å². The number of aliphatic imine (C=N–C) groups is 1. The van der Waals surface area contributed by atoms with Gasteiger partial charge in [0.15, 0.2) is 11.5 Å². The topological polar surface area (TPSA) is 57.1 Å². The van der Waals surface area contributed by atoms with Crippen LogP contribution in [-0.2, 0) is 4.74 Å². The molecule has 0 unspecified atom stereocenters. The lowest BCUT2D eigenvalue weighted by molar-refractivity contribution is 0.0600. The summed E-state index contributed by atoms with van der Waals surface area (Å²) in [6, 6.07) is 11.9. The molecule has 0 amide bonds. The van der Waals surface area contributed by atoms with Gasteiger partial charge in [-0.15, -0.1) is 0 Å². The Morgan fingerprint density at radius 1 is 1.00 bits per heavy atom. The Labute approximate surface area is 165 Å². The van der Waals surface area contributed by atoms with Gasteiger partial charge in [0.2, 0.25) is 0 Å². The normalized spacial score (nSPS) is 20.5. The number of hydrogen-bond donors (Lipinski definition) is 0. The largest absolute Gasteiger partial charge is 0.493 e. The summed E-state index contributed by atoms with van der Waals surface area (Å²) in [5.74, 6) is 1.49. The summed E-state index contributed by atoms with van der Waals surface area (Å²) in [7, 11) is 4.71. The van der Waals surface area contributed by atoms with Crippen molar-refractivity contribution in [3.8, 4) is 11.5 Å².